The second-order valence-electron chi connectivity index (χ2n) is 4.57. The van der Waals surface area contributed by atoms with Gasteiger partial charge in [0.1, 0.15) is 0 Å². The van der Waals surface area contributed by atoms with Crippen LogP contribution >= 0.6 is 0 Å². The van der Waals surface area contributed by atoms with Crippen LogP contribution in [0.15, 0.2) is 46.2 Å². The summed E-state index contributed by atoms with van der Waals surface area (Å²) >= 11 is 0. The van der Waals surface area contributed by atoms with E-state index < -0.39 is 9.84 Å². The molecule has 0 amide bonds. The lowest BCUT2D eigenvalue weighted by molar-refractivity contribution is 0.591. The number of benzene rings is 2. The summed E-state index contributed by atoms with van der Waals surface area (Å²) in [5.41, 5.74) is 8.78. The van der Waals surface area contributed by atoms with Crippen molar-refractivity contribution >= 4 is 15.5 Å². The molecule has 1 aliphatic rings. The molecular weight excluding hydrogens is 246 g/mol. The Morgan fingerprint density at radius 3 is 2.61 bits per heavy atom. The molecule has 0 unspecified atom stereocenters. The number of nitrogens with two attached hydrogens (primary N) is 1. The van der Waals surface area contributed by atoms with E-state index >= 15 is 0 Å². The van der Waals surface area contributed by atoms with Gasteiger partial charge < -0.3 is 5.73 Å². The zero-order valence-corrected chi connectivity index (χ0v) is 10.8. The van der Waals surface area contributed by atoms with Gasteiger partial charge in [-0.05, 0) is 35.7 Å². The lowest BCUT2D eigenvalue weighted by atomic mass is 10.0. The van der Waals surface area contributed by atoms with Gasteiger partial charge in [-0.2, -0.15) is 0 Å². The standard InChI is InChI=1S/C14H13NO2S/c1-9-6-7-12(15)11-8-10-4-2-3-5-13(10)18(16,17)14(9)11/h2-7H,8,15H2,1H3. The lowest BCUT2D eigenvalue weighted by Crippen LogP contribution is -2.17. The molecule has 0 radical (unpaired) electrons. The molecule has 0 saturated carbocycles. The minimum absolute atomic E-state index is 0.390. The van der Waals surface area contributed by atoms with Crippen LogP contribution in [-0.2, 0) is 16.3 Å². The Hall–Kier alpha value is -1.81. The lowest BCUT2D eigenvalue weighted by Gasteiger charge is -2.22. The van der Waals surface area contributed by atoms with Crippen molar-refractivity contribution in [3.8, 4) is 0 Å². The van der Waals surface area contributed by atoms with Crippen molar-refractivity contribution in [2.45, 2.75) is 23.1 Å². The number of sulfone groups is 1. The Labute approximate surface area is 106 Å². The van der Waals surface area contributed by atoms with Crippen molar-refractivity contribution in [2.24, 2.45) is 0 Å². The Balaban J connectivity index is 2.43. The summed E-state index contributed by atoms with van der Waals surface area (Å²) in [7, 11) is -3.43. The molecule has 0 fully saturated rings. The first-order chi connectivity index (χ1) is 8.51. The van der Waals surface area contributed by atoms with Crippen LogP contribution in [0.2, 0.25) is 0 Å². The van der Waals surface area contributed by atoms with Crippen LogP contribution in [0, 0.1) is 6.92 Å². The molecule has 1 heterocycles. The number of anilines is 1. The largest absolute Gasteiger partial charge is 0.398 e. The van der Waals surface area contributed by atoms with E-state index in [1.807, 2.05) is 19.1 Å². The number of aryl methyl sites for hydroxylation is 1. The van der Waals surface area contributed by atoms with Gasteiger partial charge in [0.15, 0.2) is 0 Å². The molecule has 2 aromatic carbocycles. The molecule has 0 aliphatic carbocycles. The average molecular weight is 259 g/mol. The van der Waals surface area contributed by atoms with Crippen molar-refractivity contribution in [3.05, 3.63) is 53.1 Å². The first-order valence-electron chi connectivity index (χ1n) is 5.73. The van der Waals surface area contributed by atoms with E-state index in [4.69, 9.17) is 5.73 Å². The van der Waals surface area contributed by atoms with Crippen LogP contribution in [0.1, 0.15) is 16.7 Å². The van der Waals surface area contributed by atoms with Gasteiger partial charge >= 0.3 is 0 Å². The fraction of sp³-hybridized carbons (Fsp3) is 0.143. The van der Waals surface area contributed by atoms with Crippen molar-refractivity contribution < 1.29 is 8.42 Å². The Kier molecular flexibility index (Phi) is 2.25. The maximum atomic E-state index is 12.6. The molecule has 3 rings (SSSR count). The third-order valence-corrected chi connectivity index (χ3v) is 5.47. The Bertz CT molecular complexity index is 748. The first-order valence-corrected chi connectivity index (χ1v) is 7.21. The van der Waals surface area contributed by atoms with E-state index in [9.17, 15) is 8.42 Å². The van der Waals surface area contributed by atoms with Crippen LogP contribution in [0.4, 0.5) is 5.69 Å². The van der Waals surface area contributed by atoms with Gasteiger partial charge in [-0.25, -0.2) is 8.42 Å². The van der Waals surface area contributed by atoms with E-state index in [2.05, 4.69) is 0 Å². The smallest absolute Gasteiger partial charge is 0.207 e. The molecule has 3 nitrogen and oxygen atoms in total. The summed E-state index contributed by atoms with van der Waals surface area (Å²) in [5, 5.41) is 0. The number of nitrogen functional groups attached to an aromatic ring is 1. The highest BCUT2D eigenvalue weighted by Gasteiger charge is 2.31. The SMILES string of the molecule is Cc1ccc(N)c2c1S(=O)(=O)c1ccccc1C2. The highest BCUT2D eigenvalue weighted by atomic mass is 32.2. The maximum Gasteiger partial charge on any atom is 0.207 e. The first kappa shape index (κ1) is 11.3. The molecule has 1 aliphatic heterocycles. The minimum Gasteiger partial charge on any atom is -0.398 e. The fourth-order valence-corrected chi connectivity index (χ4v) is 4.50. The second-order valence-corrected chi connectivity index (χ2v) is 6.42. The normalized spacial score (nSPS) is 15.8. The molecule has 18 heavy (non-hydrogen) atoms. The third-order valence-electron chi connectivity index (χ3n) is 3.39. The molecule has 0 atom stereocenters. The monoisotopic (exact) mass is 259 g/mol. The zero-order valence-electron chi connectivity index (χ0n) is 9.97. The highest BCUT2D eigenvalue weighted by molar-refractivity contribution is 7.91. The number of hydrogen-bond acceptors (Lipinski definition) is 3. The highest BCUT2D eigenvalue weighted by Crippen LogP contribution is 2.38. The number of hydrogen-bond donors (Lipinski definition) is 1. The van der Waals surface area contributed by atoms with Gasteiger partial charge in [0.2, 0.25) is 9.84 Å². The number of rotatable bonds is 0. The predicted molar refractivity (Wildman–Crippen MR) is 70.3 cm³/mol. The van der Waals surface area contributed by atoms with Gasteiger partial charge in [-0.1, -0.05) is 24.3 Å². The van der Waals surface area contributed by atoms with Crippen molar-refractivity contribution in [2.75, 3.05) is 5.73 Å². The number of fused-ring (bicyclic) bond motifs is 2. The topological polar surface area (TPSA) is 60.2 Å². The van der Waals surface area contributed by atoms with Crippen molar-refractivity contribution in [1.29, 1.82) is 0 Å². The van der Waals surface area contributed by atoms with Crippen molar-refractivity contribution in [1.82, 2.24) is 0 Å². The predicted octanol–water partition coefficient (Wildman–Crippen LogP) is 2.31. The van der Waals surface area contributed by atoms with Crippen LogP contribution in [-0.4, -0.2) is 8.42 Å². The fourth-order valence-electron chi connectivity index (χ4n) is 2.53. The van der Waals surface area contributed by atoms with Gasteiger partial charge in [0.25, 0.3) is 0 Å². The van der Waals surface area contributed by atoms with Crippen LogP contribution in [0.3, 0.4) is 0 Å². The summed E-state index contributed by atoms with van der Waals surface area (Å²) in [6.07, 6.45) is 0.582. The minimum atomic E-state index is -3.43. The molecular formula is C14H13NO2S. The molecule has 0 bridgehead atoms. The molecule has 0 spiro atoms. The summed E-state index contributed by atoms with van der Waals surface area (Å²) in [5.74, 6) is 0. The van der Waals surface area contributed by atoms with Gasteiger partial charge in [-0.3, -0.25) is 0 Å². The van der Waals surface area contributed by atoms with Crippen molar-refractivity contribution in [3.63, 3.8) is 0 Å². The molecule has 0 aromatic heterocycles. The van der Waals surface area contributed by atoms with E-state index in [0.29, 0.717) is 21.9 Å². The van der Waals surface area contributed by atoms with E-state index in [0.717, 1.165) is 16.7 Å². The Morgan fingerprint density at radius 1 is 1.11 bits per heavy atom. The van der Waals surface area contributed by atoms with E-state index in [-0.39, 0.29) is 0 Å². The van der Waals surface area contributed by atoms with Crippen LogP contribution in [0.5, 0.6) is 0 Å². The quantitative estimate of drug-likeness (QED) is 0.630. The summed E-state index contributed by atoms with van der Waals surface area (Å²) in [6.45, 7) is 1.81. The molecule has 2 aromatic rings. The van der Waals surface area contributed by atoms with Crippen LogP contribution < -0.4 is 5.73 Å². The van der Waals surface area contributed by atoms with Gasteiger partial charge in [0, 0.05) is 12.1 Å². The molecule has 2 N–H and O–H groups in total. The second kappa shape index (κ2) is 3.59. The maximum absolute atomic E-state index is 12.6. The summed E-state index contributed by atoms with van der Waals surface area (Å²) in [4.78, 5) is 0.799. The van der Waals surface area contributed by atoms with E-state index in [1.54, 1.807) is 24.3 Å². The molecule has 0 saturated heterocycles. The van der Waals surface area contributed by atoms with Crippen LogP contribution in [0.25, 0.3) is 0 Å². The Morgan fingerprint density at radius 2 is 1.83 bits per heavy atom. The van der Waals surface area contributed by atoms with Gasteiger partial charge in [-0.15, -0.1) is 0 Å². The average Bonchev–Trinajstić information content (AvgIpc) is 2.33. The summed E-state index contributed by atoms with van der Waals surface area (Å²) in [6, 6.07) is 10.7. The summed E-state index contributed by atoms with van der Waals surface area (Å²) < 4.78 is 25.2. The molecule has 92 valence electrons. The van der Waals surface area contributed by atoms with E-state index in [1.165, 1.54) is 0 Å². The molecule has 4 heteroatoms. The third kappa shape index (κ3) is 1.39. The van der Waals surface area contributed by atoms with Gasteiger partial charge in [0.05, 0.1) is 9.79 Å². The zero-order chi connectivity index (χ0) is 12.9.